The van der Waals surface area contributed by atoms with Crippen LogP contribution in [0.3, 0.4) is 0 Å². The van der Waals surface area contributed by atoms with Crippen LogP contribution in [0, 0.1) is 6.92 Å². The number of hydrogen-bond donors (Lipinski definition) is 2. The van der Waals surface area contributed by atoms with Gasteiger partial charge in [0.2, 0.25) is 0 Å². The molecule has 0 aliphatic heterocycles. The molecule has 1 aromatic carbocycles. The lowest BCUT2D eigenvalue weighted by Crippen LogP contribution is -2.40. The number of carbonyl (C=O) groups is 2. The number of hydrogen-bond acceptors (Lipinski definition) is 5. The summed E-state index contributed by atoms with van der Waals surface area (Å²) >= 11 is 0. The van der Waals surface area contributed by atoms with Gasteiger partial charge < -0.3 is 15.2 Å². The molecule has 0 aromatic heterocycles. The standard InChI is InChI=1S/C16H21NO6S/c1-11(2)15(18)23-9-8-13(17-16(19)20)10-24(21,22)14-6-4-12(3)5-7-14/h4-7,13,17H,1,8-10H2,2-3H3,(H,19,20). The number of amides is 1. The molecule has 0 saturated heterocycles. The number of benzene rings is 1. The van der Waals surface area contributed by atoms with Crippen molar-refractivity contribution in [1.82, 2.24) is 5.32 Å². The Morgan fingerprint density at radius 3 is 2.38 bits per heavy atom. The Labute approximate surface area is 141 Å². The first-order chi connectivity index (χ1) is 11.1. The number of aryl methyl sites for hydroxylation is 1. The van der Waals surface area contributed by atoms with E-state index in [0.29, 0.717) is 0 Å². The van der Waals surface area contributed by atoms with Gasteiger partial charge in [0, 0.05) is 18.0 Å². The molecule has 1 amide bonds. The zero-order chi connectivity index (χ0) is 18.3. The van der Waals surface area contributed by atoms with E-state index in [1.807, 2.05) is 6.92 Å². The lowest BCUT2D eigenvalue weighted by molar-refractivity contribution is -0.139. The SMILES string of the molecule is C=C(C)C(=O)OCCC(CS(=O)(=O)c1ccc(C)cc1)NC(=O)O. The minimum atomic E-state index is -3.67. The molecule has 0 fully saturated rings. The summed E-state index contributed by atoms with van der Waals surface area (Å²) in [5, 5.41) is 11.0. The lowest BCUT2D eigenvalue weighted by Gasteiger charge is -2.17. The van der Waals surface area contributed by atoms with E-state index in [9.17, 15) is 18.0 Å². The minimum Gasteiger partial charge on any atom is -0.465 e. The average Bonchev–Trinajstić information content (AvgIpc) is 2.46. The maximum Gasteiger partial charge on any atom is 0.404 e. The molecule has 0 aliphatic rings. The summed E-state index contributed by atoms with van der Waals surface area (Å²) in [5.74, 6) is -1.03. The van der Waals surface area contributed by atoms with Crippen molar-refractivity contribution in [2.75, 3.05) is 12.4 Å². The number of ether oxygens (including phenoxy) is 1. The Bertz CT molecular complexity index is 709. The van der Waals surface area contributed by atoms with E-state index in [4.69, 9.17) is 9.84 Å². The van der Waals surface area contributed by atoms with Gasteiger partial charge in [-0.2, -0.15) is 0 Å². The van der Waals surface area contributed by atoms with Crippen LogP contribution in [0.4, 0.5) is 4.79 Å². The fraction of sp³-hybridized carbons (Fsp3) is 0.375. The molecule has 2 N–H and O–H groups in total. The molecular weight excluding hydrogens is 334 g/mol. The second kappa shape index (κ2) is 8.49. The highest BCUT2D eigenvalue weighted by Crippen LogP contribution is 2.14. The highest BCUT2D eigenvalue weighted by atomic mass is 32.2. The molecule has 8 heteroatoms. The van der Waals surface area contributed by atoms with Gasteiger partial charge >= 0.3 is 12.1 Å². The van der Waals surface area contributed by atoms with E-state index in [1.165, 1.54) is 19.1 Å². The van der Waals surface area contributed by atoms with Gasteiger partial charge in [-0.05, 0) is 26.0 Å². The van der Waals surface area contributed by atoms with Crippen molar-refractivity contribution in [2.45, 2.75) is 31.2 Å². The van der Waals surface area contributed by atoms with Crippen LogP contribution in [0.15, 0.2) is 41.3 Å². The number of sulfone groups is 1. The highest BCUT2D eigenvalue weighted by Gasteiger charge is 2.23. The molecule has 7 nitrogen and oxygen atoms in total. The molecule has 0 saturated carbocycles. The Morgan fingerprint density at radius 2 is 1.88 bits per heavy atom. The predicted octanol–water partition coefficient (Wildman–Crippen LogP) is 1.91. The number of carboxylic acid groups (broad SMARTS) is 1. The molecule has 132 valence electrons. The van der Waals surface area contributed by atoms with E-state index < -0.39 is 33.7 Å². The topological polar surface area (TPSA) is 110 Å². The predicted molar refractivity (Wildman–Crippen MR) is 88.6 cm³/mol. The summed E-state index contributed by atoms with van der Waals surface area (Å²) in [4.78, 5) is 22.3. The highest BCUT2D eigenvalue weighted by molar-refractivity contribution is 7.91. The third kappa shape index (κ3) is 6.41. The Morgan fingerprint density at radius 1 is 1.29 bits per heavy atom. The second-order valence-corrected chi connectivity index (χ2v) is 7.48. The smallest absolute Gasteiger partial charge is 0.404 e. The Balaban J connectivity index is 2.77. The van der Waals surface area contributed by atoms with Gasteiger partial charge in [0.25, 0.3) is 0 Å². The molecule has 0 heterocycles. The Kier molecular flexibility index (Phi) is 6.97. The summed E-state index contributed by atoms with van der Waals surface area (Å²) in [6.07, 6.45) is -1.30. The first kappa shape index (κ1) is 19.7. The third-order valence-corrected chi connectivity index (χ3v) is 5.01. The minimum absolute atomic E-state index is 0.0381. The van der Waals surface area contributed by atoms with Crippen molar-refractivity contribution in [3.8, 4) is 0 Å². The van der Waals surface area contributed by atoms with Gasteiger partial charge in [-0.1, -0.05) is 24.3 Å². The van der Waals surface area contributed by atoms with Crippen molar-refractivity contribution in [3.05, 3.63) is 42.0 Å². The molecule has 1 rings (SSSR count). The molecule has 0 bridgehead atoms. The van der Waals surface area contributed by atoms with Crippen LogP contribution in [0.2, 0.25) is 0 Å². The zero-order valence-corrected chi connectivity index (χ0v) is 14.4. The maximum absolute atomic E-state index is 12.4. The van der Waals surface area contributed by atoms with E-state index in [-0.39, 0.29) is 23.5 Å². The largest absolute Gasteiger partial charge is 0.465 e. The third-order valence-electron chi connectivity index (χ3n) is 3.18. The molecule has 24 heavy (non-hydrogen) atoms. The van der Waals surface area contributed by atoms with Crippen LogP contribution < -0.4 is 5.32 Å². The van der Waals surface area contributed by atoms with Crippen molar-refractivity contribution in [3.63, 3.8) is 0 Å². The fourth-order valence-electron chi connectivity index (χ4n) is 1.90. The van der Waals surface area contributed by atoms with Crippen LogP contribution in [-0.2, 0) is 19.4 Å². The van der Waals surface area contributed by atoms with Crippen LogP contribution in [0.25, 0.3) is 0 Å². The van der Waals surface area contributed by atoms with Gasteiger partial charge in [0.1, 0.15) is 0 Å². The molecule has 0 spiro atoms. The average molecular weight is 355 g/mol. The van der Waals surface area contributed by atoms with Crippen LogP contribution in [0.5, 0.6) is 0 Å². The summed E-state index contributed by atoms with van der Waals surface area (Å²) in [6, 6.07) is 5.39. The lowest BCUT2D eigenvalue weighted by atomic mass is 10.2. The molecule has 0 radical (unpaired) electrons. The maximum atomic E-state index is 12.4. The molecular formula is C16H21NO6S. The first-order valence-corrected chi connectivity index (χ1v) is 8.88. The van der Waals surface area contributed by atoms with Crippen LogP contribution in [0.1, 0.15) is 18.9 Å². The van der Waals surface area contributed by atoms with Crippen molar-refractivity contribution in [1.29, 1.82) is 0 Å². The summed E-state index contributed by atoms with van der Waals surface area (Å²) in [6.45, 7) is 6.63. The van der Waals surface area contributed by atoms with Gasteiger partial charge in [0.05, 0.1) is 17.3 Å². The van der Waals surface area contributed by atoms with Crippen molar-refractivity contribution in [2.24, 2.45) is 0 Å². The Hall–Kier alpha value is -2.35. The van der Waals surface area contributed by atoms with Crippen LogP contribution in [-0.4, -0.2) is 44.0 Å². The normalized spacial score (nSPS) is 12.2. The van der Waals surface area contributed by atoms with Crippen LogP contribution >= 0.6 is 0 Å². The fourth-order valence-corrected chi connectivity index (χ4v) is 3.42. The van der Waals surface area contributed by atoms with E-state index in [2.05, 4.69) is 11.9 Å². The number of nitrogens with one attached hydrogen (secondary N) is 1. The zero-order valence-electron chi connectivity index (χ0n) is 13.6. The van der Waals surface area contributed by atoms with E-state index in [0.717, 1.165) is 5.56 Å². The van der Waals surface area contributed by atoms with E-state index >= 15 is 0 Å². The summed E-state index contributed by atoms with van der Waals surface area (Å²) < 4.78 is 29.7. The molecule has 0 aliphatic carbocycles. The van der Waals surface area contributed by atoms with Gasteiger partial charge in [-0.3, -0.25) is 0 Å². The molecule has 1 aromatic rings. The summed E-state index contributed by atoms with van der Waals surface area (Å²) in [5.41, 5.74) is 1.13. The van der Waals surface area contributed by atoms with Crippen molar-refractivity contribution >= 4 is 21.9 Å². The number of carbonyl (C=O) groups excluding carboxylic acids is 1. The number of esters is 1. The quantitative estimate of drug-likeness (QED) is 0.544. The summed E-state index contributed by atoms with van der Waals surface area (Å²) in [7, 11) is -3.67. The van der Waals surface area contributed by atoms with Gasteiger partial charge in [-0.15, -0.1) is 0 Å². The molecule has 1 atom stereocenters. The molecule has 1 unspecified atom stereocenters. The van der Waals surface area contributed by atoms with Crippen molar-refractivity contribution < 1.29 is 27.9 Å². The monoisotopic (exact) mass is 355 g/mol. The van der Waals surface area contributed by atoms with E-state index in [1.54, 1.807) is 12.1 Å². The first-order valence-electron chi connectivity index (χ1n) is 7.23. The van der Waals surface area contributed by atoms with Gasteiger partial charge in [0.15, 0.2) is 9.84 Å². The second-order valence-electron chi connectivity index (χ2n) is 5.45. The number of rotatable bonds is 8. The van der Waals surface area contributed by atoms with Gasteiger partial charge in [-0.25, -0.2) is 18.0 Å².